The molecule has 5 amide bonds. The number of methoxy groups -OCH3 is 2. The Kier molecular flexibility index (Phi) is 20.1. The van der Waals surface area contributed by atoms with Gasteiger partial charge in [-0.15, -0.1) is 0 Å². The van der Waals surface area contributed by atoms with Crippen LogP contribution in [-0.4, -0.2) is 117 Å². The second-order valence-corrected chi connectivity index (χ2v) is 8.86. The molecule has 6 atom stereocenters. The molecule has 0 bridgehead atoms. The van der Waals surface area contributed by atoms with Crippen molar-refractivity contribution in [1.29, 1.82) is 0 Å². The van der Waals surface area contributed by atoms with Crippen molar-refractivity contribution in [2.75, 3.05) is 35.4 Å². The van der Waals surface area contributed by atoms with Crippen molar-refractivity contribution in [1.82, 2.24) is 31.1 Å². The van der Waals surface area contributed by atoms with Gasteiger partial charge in [0.1, 0.15) is 24.2 Å². The first-order valence-corrected chi connectivity index (χ1v) is 18.2. The zero-order chi connectivity index (χ0) is 30.3. The molecule has 0 aliphatic heterocycles. The van der Waals surface area contributed by atoms with E-state index in [9.17, 15) is 24.0 Å². The molecule has 13 nitrogen and oxygen atoms in total. The van der Waals surface area contributed by atoms with Crippen LogP contribution in [0.25, 0.3) is 0 Å². The van der Waals surface area contributed by atoms with E-state index in [1.807, 2.05) is 0 Å². The molecule has 4 N–H and O–H groups in total. The third kappa shape index (κ3) is 12.3. The summed E-state index contributed by atoms with van der Waals surface area (Å²) in [6.07, 6.45) is -0.649. The second kappa shape index (κ2) is 19.7. The lowest BCUT2D eigenvalue weighted by atomic mass is 10.1. The molecule has 0 rings (SSSR count). The highest BCUT2D eigenvalue weighted by Crippen LogP contribution is 2.06. The fourth-order valence-corrected chi connectivity index (χ4v) is 3.19. The molecule has 0 saturated carbocycles. The van der Waals surface area contributed by atoms with Gasteiger partial charge >= 0.3 is 0 Å². The van der Waals surface area contributed by atoms with Gasteiger partial charge in [-0.3, -0.25) is 24.0 Å². The SMILES string of the molecule is CNC(C)C(=O)NC(C)C(=O)N(C)C(C)C(=O)NC(C)C(=O)N(C)C(C)C(=O)NC(C)C(OC)OC.II. The maximum absolute atomic E-state index is 12.9. The van der Waals surface area contributed by atoms with Crippen LogP contribution in [0.4, 0.5) is 0 Å². The summed E-state index contributed by atoms with van der Waals surface area (Å²) in [5.74, 6) is -2.28. The van der Waals surface area contributed by atoms with Crippen molar-refractivity contribution in [3.8, 4) is 0 Å². The summed E-state index contributed by atoms with van der Waals surface area (Å²) in [5.41, 5.74) is 0. The lowest BCUT2D eigenvalue weighted by Crippen LogP contribution is -2.57. The molecule has 15 heteroatoms. The van der Waals surface area contributed by atoms with Crippen LogP contribution < -0.4 is 21.3 Å². The molecular formula is C23H44I2N6O7. The molecule has 0 aliphatic carbocycles. The van der Waals surface area contributed by atoms with Crippen molar-refractivity contribution in [2.24, 2.45) is 0 Å². The summed E-state index contributed by atoms with van der Waals surface area (Å²) >= 11 is 4.24. The Morgan fingerprint density at radius 2 is 0.974 bits per heavy atom. The van der Waals surface area contributed by atoms with Gasteiger partial charge in [-0.2, -0.15) is 0 Å². The van der Waals surface area contributed by atoms with Gasteiger partial charge in [0, 0.05) is 65.5 Å². The Hall–Kier alpha value is -1.31. The predicted molar refractivity (Wildman–Crippen MR) is 162 cm³/mol. The maximum atomic E-state index is 12.9. The normalized spacial score (nSPS) is 15.4. The second-order valence-electron chi connectivity index (χ2n) is 8.86. The van der Waals surface area contributed by atoms with Gasteiger partial charge in [-0.05, 0) is 48.6 Å². The molecule has 222 valence electrons. The van der Waals surface area contributed by atoms with E-state index < -0.39 is 66.2 Å². The minimum atomic E-state index is -0.958. The zero-order valence-corrected chi connectivity index (χ0v) is 28.4. The van der Waals surface area contributed by atoms with Gasteiger partial charge in [0.15, 0.2) is 6.29 Å². The van der Waals surface area contributed by atoms with Gasteiger partial charge < -0.3 is 40.5 Å². The van der Waals surface area contributed by atoms with Crippen molar-refractivity contribution in [2.45, 2.75) is 84.1 Å². The summed E-state index contributed by atoms with van der Waals surface area (Å²) < 4.78 is 10.2. The summed E-state index contributed by atoms with van der Waals surface area (Å²) in [7, 11) is 7.43. The van der Waals surface area contributed by atoms with Gasteiger partial charge in [0.05, 0.1) is 12.1 Å². The number of amides is 5. The number of likely N-dealkylation sites (N-methyl/N-ethyl adjacent to an activating group) is 3. The summed E-state index contributed by atoms with van der Waals surface area (Å²) in [6, 6.07) is -4.50. The monoisotopic (exact) mass is 770 g/mol. The van der Waals surface area contributed by atoms with Crippen LogP contribution in [-0.2, 0) is 33.4 Å². The lowest BCUT2D eigenvalue weighted by Gasteiger charge is -2.31. The van der Waals surface area contributed by atoms with E-state index in [-0.39, 0.29) is 5.91 Å². The molecular weight excluding hydrogens is 726 g/mol. The average molecular weight is 770 g/mol. The topological polar surface area (TPSA) is 158 Å². The zero-order valence-electron chi connectivity index (χ0n) is 24.0. The fourth-order valence-electron chi connectivity index (χ4n) is 3.19. The lowest BCUT2D eigenvalue weighted by molar-refractivity contribution is -0.146. The van der Waals surface area contributed by atoms with Crippen LogP contribution in [0.2, 0.25) is 0 Å². The minimum absolute atomic E-state index is 0.348. The van der Waals surface area contributed by atoms with E-state index in [1.165, 1.54) is 58.9 Å². The number of hydrogen-bond donors (Lipinski definition) is 4. The number of ether oxygens (including phenoxy) is 2. The van der Waals surface area contributed by atoms with E-state index in [0.29, 0.717) is 0 Å². The van der Waals surface area contributed by atoms with Crippen molar-refractivity contribution in [3.63, 3.8) is 0 Å². The summed E-state index contributed by atoms with van der Waals surface area (Å²) in [5, 5.41) is 10.7. The molecule has 0 fully saturated rings. The van der Waals surface area contributed by atoms with Crippen LogP contribution in [0.1, 0.15) is 41.5 Å². The minimum Gasteiger partial charge on any atom is -0.354 e. The molecule has 0 aromatic heterocycles. The molecule has 0 radical (unpaired) electrons. The van der Waals surface area contributed by atoms with Crippen LogP contribution in [0.5, 0.6) is 0 Å². The number of carbonyl (C=O) groups excluding carboxylic acids is 5. The highest BCUT2D eigenvalue weighted by atomic mass is 128. The van der Waals surface area contributed by atoms with Crippen molar-refractivity contribution >= 4 is 66.8 Å². The van der Waals surface area contributed by atoms with E-state index >= 15 is 0 Å². The number of carbonyl (C=O) groups is 5. The van der Waals surface area contributed by atoms with Gasteiger partial charge in [-0.25, -0.2) is 0 Å². The Morgan fingerprint density at radius 3 is 1.32 bits per heavy atom. The third-order valence-electron chi connectivity index (χ3n) is 6.14. The molecule has 0 aliphatic rings. The number of rotatable bonds is 14. The van der Waals surface area contributed by atoms with E-state index in [0.717, 1.165) is 0 Å². The molecule has 38 heavy (non-hydrogen) atoms. The molecule has 0 aromatic rings. The Bertz CT molecular complexity index is 787. The fraction of sp³-hybridized carbons (Fsp3) is 0.783. The molecule has 6 unspecified atom stereocenters. The third-order valence-corrected chi connectivity index (χ3v) is 6.14. The number of nitrogens with zero attached hydrogens (tertiary/aromatic N) is 2. The van der Waals surface area contributed by atoms with Crippen LogP contribution >= 0.6 is 37.2 Å². The van der Waals surface area contributed by atoms with Crippen LogP contribution in [0, 0.1) is 0 Å². The number of nitrogens with one attached hydrogen (secondary N) is 4. The van der Waals surface area contributed by atoms with E-state index in [2.05, 4.69) is 58.5 Å². The van der Waals surface area contributed by atoms with Gasteiger partial charge in [0.25, 0.3) is 0 Å². The summed E-state index contributed by atoms with van der Waals surface area (Å²) in [4.78, 5) is 65.3. The summed E-state index contributed by atoms with van der Waals surface area (Å²) in [6.45, 7) is 9.45. The standard InChI is InChI=1S/C23H44N6O7.I2/c1-12(24-7)18(30)25-13(2)21(33)28(8)16(5)19(31)26-14(3)22(34)29(9)17(6)20(32)27-15(4)23(35-10)36-11;1-2/h12-17,23-24H,1-11H3,(H,25,30)(H,26,31)(H,27,32);. The van der Waals surface area contributed by atoms with Crippen LogP contribution in [0.3, 0.4) is 0 Å². The Labute approximate surface area is 249 Å². The smallest absolute Gasteiger partial charge is 0.245 e. The van der Waals surface area contributed by atoms with Gasteiger partial charge in [0.2, 0.25) is 29.5 Å². The van der Waals surface area contributed by atoms with Crippen LogP contribution in [0.15, 0.2) is 0 Å². The van der Waals surface area contributed by atoms with Gasteiger partial charge in [-0.1, -0.05) is 0 Å². The quantitative estimate of drug-likeness (QED) is 0.144. The number of halogens is 2. The first kappa shape index (κ1) is 38.8. The highest BCUT2D eigenvalue weighted by Gasteiger charge is 2.32. The maximum Gasteiger partial charge on any atom is 0.245 e. The Balaban J connectivity index is 0. The van der Waals surface area contributed by atoms with Crippen molar-refractivity contribution < 1.29 is 33.4 Å². The molecule has 0 saturated heterocycles. The molecule has 0 heterocycles. The molecule has 0 aromatic carbocycles. The predicted octanol–water partition coefficient (Wildman–Crippen LogP) is 0.193. The first-order valence-electron chi connectivity index (χ1n) is 12.0. The highest BCUT2D eigenvalue weighted by molar-refractivity contribution is 15.0. The van der Waals surface area contributed by atoms with Crippen molar-refractivity contribution in [3.05, 3.63) is 0 Å². The Morgan fingerprint density at radius 1 is 0.632 bits per heavy atom. The largest absolute Gasteiger partial charge is 0.354 e. The average Bonchev–Trinajstić information content (AvgIpc) is 2.91. The first-order chi connectivity index (χ1) is 17.6. The number of hydrogen-bond acceptors (Lipinski definition) is 8. The van der Waals surface area contributed by atoms with E-state index in [4.69, 9.17) is 9.47 Å². The molecule has 0 spiro atoms. The van der Waals surface area contributed by atoms with E-state index in [1.54, 1.807) is 27.8 Å².